The molecular formula is C20H35NO. The second-order valence-corrected chi connectivity index (χ2v) is 9.69. The average Bonchev–Trinajstić information content (AvgIpc) is 2.76. The topological polar surface area (TPSA) is 12.5 Å². The molecule has 3 unspecified atom stereocenters. The van der Waals surface area contributed by atoms with E-state index in [1.165, 1.54) is 51.6 Å². The first-order chi connectivity index (χ1) is 10.5. The molecule has 5 rings (SSSR count). The second-order valence-electron chi connectivity index (χ2n) is 9.69. The van der Waals surface area contributed by atoms with Crippen molar-refractivity contribution in [2.24, 2.45) is 35.0 Å². The van der Waals surface area contributed by atoms with Gasteiger partial charge in [0.2, 0.25) is 0 Å². The zero-order valence-corrected chi connectivity index (χ0v) is 14.9. The van der Waals surface area contributed by atoms with Crippen LogP contribution in [0.4, 0.5) is 0 Å². The summed E-state index contributed by atoms with van der Waals surface area (Å²) >= 11 is 0. The molecule has 3 atom stereocenters. The minimum atomic E-state index is 0.503. The van der Waals surface area contributed by atoms with Crippen LogP contribution < -0.4 is 0 Å². The largest absolute Gasteiger partial charge is 0.381 e. The number of piperidine rings is 2. The average molecular weight is 306 g/mol. The molecule has 0 aromatic heterocycles. The normalized spacial score (nSPS) is 43.0. The highest BCUT2D eigenvalue weighted by Crippen LogP contribution is 2.52. The van der Waals surface area contributed by atoms with Gasteiger partial charge in [-0.25, -0.2) is 0 Å². The number of ether oxygens (including phenoxy) is 1. The lowest BCUT2D eigenvalue weighted by Crippen LogP contribution is -2.52. The van der Waals surface area contributed by atoms with E-state index in [2.05, 4.69) is 25.7 Å². The van der Waals surface area contributed by atoms with Gasteiger partial charge >= 0.3 is 0 Å². The molecule has 0 radical (unpaired) electrons. The molecular weight excluding hydrogens is 270 g/mol. The van der Waals surface area contributed by atoms with Crippen LogP contribution in [0.2, 0.25) is 0 Å². The van der Waals surface area contributed by atoms with Crippen LogP contribution in [0, 0.1) is 35.0 Å². The van der Waals surface area contributed by atoms with Crippen LogP contribution in [0.25, 0.3) is 0 Å². The Morgan fingerprint density at radius 3 is 2.23 bits per heavy atom. The molecule has 3 aliphatic heterocycles. The zero-order valence-electron chi connectivity index (χ0n) is 14.9. The van der Waals surface area contributed by atoms with Crippen molar-refractivity contribution in [3.05, 3.63) is 0 Å². The third kappa shape index (κ3) is 2.75. The third-order valence-corrected chi connectivity index (χ3v) is 7.64. The number of fused-ring (bicyclic) bond motifs is 4. The highest BCUT2D eigenvalue weighted by Gasteiger charge is 2.47. The van der Waals surface area contributed by atoms with Crippen molar-refractivity contribution in [2.75, 3.05) is 26.3 Å². The molecule has 5 fully saturated rings. The van der Waals surface area contributed by atoms with E-state index in [1.807, 2.05) is 0 Å². The van der Waals surface area contributed by atoms with E-state index < -0.39 is 0 Å². The van der Waals surface area contributed by atoms with E-state index in [9.17, 15) is 0 Å². The molecule has 0 N–H and O–H groups in total. The van der Waals surface area contributed by atoms with E-state index in [1.54, 1.807) is 0 Å². The monoisotopic (exact) mass is 305 g/mol. The summed E-state index contributed by atoms with van der Waals surface area (Å²) in [5.74, 6) is 4.71. The molecule has 0 spiro atoms. The quantitative estimate of drug-likeness (QED) is 0.755. The van der Waals surface area contributed by atoms with Crippen molar-refractivity contribution in [1.29, 1.82) is 0 Å². The fourth-order valence-electron chi connectivity index (χ4n) is 6.39. The van der Waals surface area contributed by atoms with Crippen LogP contribution in [-0.4, -0.2) is 37.2 Å². The van der Waals surface area contributed by atoms with Gasteiger partial charge in [-0.3, -0.25) is 0 Å². The van der Waals surface area contributed by atoms with Gasteiger partial charge in [0.1, 0.15) is 0 Å². The summed E-state index contributed by atoms with van der Waals surface area (Å²) in [6.07, 6.45) is 8.69. The molecule has 2 nitrogen and oxygen atoms in total. The Balaban J connectivity index is 1.32. The number of hydrogen-bond acceptors (Lipinski definition) is 2. The Bertz CT molecular complexity index is 375. The van der Waals surface area contributed by atoms with Gasteiger partial charge in [-0.05, 0) is 80.5 Å². The SMILES string of the molecule is CC(CCC(C)(C)C1C2CCC1COC2)N1CC2CC(C2)C1. The highest BCUT2D eigenvalue weighted by molar-refractivity contribution is 4.96. The van der Waals surface area contributed by atoms with Crippen LogP contribution in [-0.2, 0) is 4.74 Å². The van der Waals surface area contributed by atoms with Crippen LogP contribution in [0.1, 0.15) is 59.3 Å². The van der Waals surface area contributed by atoms with Crippen molar-refractivity contribution in [1.82, 2.24) is 4.90 Å². The van der Waals surface area contributed by atoms with E-state index in [0.29, 0.717) is 5.41 Å². The third-order valence-electron chi connectivity index (χ3n) is 7.64. The summed E-state index contributed by atoms with van der Waals surface area (Å²) in [6.45, 7) is 12.4. The van der Waals surface area contributed by atoms with Gasteiger partial charge in [-0.1, -0.05) is 13.8 Å². The van der Waals surface area contributed by atoms with Gasteiger partial charge in [0, 0.05) is 32.3 Å². The fourth-order valence-corrected chi connectivity index (χ4v) is 6.39. The molecule has 3 heterocycles. The molecule has 0 amide bonds. The van der Waals surface area contributed by atoms with Gasteiger partial charge in [0.05, 0.1) is 0 Å². The Kier molecular flexibility index (Phi) is 4.05. The highest BCUT2D eigenvalue weighted by atomic mass is 16.5. The molecule has 2 aliphatic carbocycles. The second kappa shape index (κ2) is 5.77. The van der Waals surface area contributed by atoms with Gasteiger partial charge in [-0.2, -0.15) is 0 Å². The van der Waals surface area contributed by atoms with E-state index >= 15 is 0 Å². The van der Waals surface area contributed by atoms with Crippen LogP contribution >= 0.6 is 0 Å². The maximum atomic E-state index is 5.81. The number of hydrogen-bond donors (Lipinski definition) is 0. The van der Waals surface area contributed by atoms with Crippen LogP contribution in [0.5, 0.6) is 0 Å². The number of nitrogens with zero attached hydrogens (tertiary/aromatic N) is 1. The minimum Gasteiger partial charge on any atom is -0.381 e. The summed E-state index contributed by atoms with van der Waals surface area (Å²) in [5.41, 5.74) is 0.503. The summed E-state index contributed by atoms with van der Waals surface area (Å²) in [7, 11) is 0. The van der Waals surface area contributed by atoms with Gasteiger partial charge in [0.15, 0.2) is 0 Å². The van der Waals surface area contributed by atoms with Crippen molar-refractivity contribution < 1.29 is 4.74 Å². The summed E-state index contributed by atoms with van der Waals surface area (Å²) < 4.78 is 5.81. The molecule has 5 aliphatic rings. The van der Waals surface area contributed by atoms with E-state index in [4.69, 9.17) is 4.74 Å². The van der Waals surface area contributed by atoms with Gasteiger partial charge in [-0.15, -0.1) is 0 Å². The van der Waals surface area contributed by atoms with Crippen LogP contribution in [0.3, 0.4) is 0 Å². The van der Waals surface area contributed by atoms with E-state index in [0.717, 1.165) is 48.8 Å². The lowest BCUT2D eigenvalue weighted by Gasteiger charge is -2.50. The van der Waals surface area contributed by atoms with E-state index in [-0.39, 0.29) is 0 Å². The summed E-state index contributed by atoms with van der Waals surface area (Å²) in [4.78, 5) is 2.80. The predicted molar refractivity (Wildman–Crippen MR) is 90.8 cm³/mol. The fraction of sp³-hybridized carbons (Fsp3) is 1.00. The molecule has 0 aromatic carbocycles. The Morgan fingerprint density at radius 2 is 1.64 bits per heavy atom. The smallest absolute Gasteiger partial charge is 0.0497 e. The summed E-state index contributed by atoms with van der Waals surface area (Å²) in [5, 5.41) is 0. The minimum absolute atomic E-state index is 0.503. The Labute approximate surface area is 137 Å². The molecule has 3 saturated heterocycles. The zero-order chi connectivity index (χ0) is 15.3. The van der Waals surface area contributed by atoms with Gasteiger partial charge in [0.25, 0.3) is 0 Å². The lowest BCUT2D eigenvalue weighted by molar-refractivity contribution is -0.0460. The first kappa shape index (κ1) is 15.4. The Hall–Kier alpha value is -0.0800. The Morgan fingerprint density at radius 1 is 1.05 bits per heavy atom. The first-order valence-electron chi connectivity index (χ1n) is 9.84. The molecule has 2 saturated carbocycles. The standard InChI is InChI=1S/C20H35NO/c1-14(21-10-15-8-16(9-15)11-21)6-7-20(2,3)19-17-4-5-18(19)13-22-12-17/h14-19H,4-13H2,1-3H3. The predicted octanol–water partition coefficient (Wildman–Crippen LogP) is 4.20. The van der Waals surface area contributed by atoms with Crippen molar-refractivity contribution >= 4 is 0 Å². The maximum absolute atomic E-state index is 5.81. The molecule has 2 heteroatoms. The summed E-state index contributed by atoms with van der Waals surface area (Å²) in [6, 6.07) is 0.794. The molecule has 0 aromatic rings. The molecule has 126 valence electrons. The van der Waals surface area contributed by atoms with Gasteiger partial charge < -0.3 is 9.64 Å². The maximum Gasteiger partial charge on any atom is 0.0497 e. The van der Waals surface area contributed by atoms with Crippen molar-refractivity contribution in [2.45, 2.75) is 65.3 Å². The van der Waals surface area contributed by atoms with Crippen LogP contribution in [0.15, 0.2) is 0 Å². The van der Waals surface area contributed by atoms with Crippen molar-refractivity contribution in [3.63, 3.8) is 0 Å². The molecule has 22 heavy (non-hydrogen) atoms. The number of rotatable bonds is 5. The first-order valence-corrected chi connectivity index (χ1v) is 9.84. The van der Waals surface area contributed by atoms with Crippen molar-refractivity contribution in [3.8, 4) is 0 Å². The molecule has 4 bridgehead atoms. The lowest BCUT2D eigenvalue weighted by atomic mass is 9.66.